The Kier molecular flexibility index (Phi) is 6.70. The van der Waals surface area contributed by atoms with E-state index in [0.717, 1.165) is 0 Å². The van der Waals surface area contributed by atoms with Crippen LogP contribution in [0.3, 0.4) is 0 Å². The number of amides is 1. The number of aromatic nitrogens is 2. The van der Waals surface area contributed by atoms with E-state index in [1.54, 1.807) is 12.1 Å². The first kappa shape index (κ1) is 22.2. The van der Waals surface area contributed by atoms with E-state index in [1.807, 2.05) is 0 Å². The van der Waals surface area contributed by atoms with Crippen LogP contribution >= 0.6 is 46.4 Å². The van der Waals surface area contributed by atoms with Crippen molar-refractivity contribution in [3.63, 3.8) is 0 Å². The average Bonchev–Trinajstić information content (AvgIpc) is 2.52. The summed E-state index contributed by atoms with van der Waals surface area (Å²) in [5, 5.41) is 2.97. The molecule has 0 fully saturated rings. The van der Waals surface area contributed by atoms with Gasteiger partial charge in [-0.2, -0.15) is 0 Å². The van der Waals surface area contributed by atoms with Gasteiger partial charge in [-0.15, -0.1) is 0 Å². The topological polar surface area (TPSA) is 64.1 Å². The fourth-order valence-electron chi connectivity index (χ4n) is 1.83. The summed E-state index contributed by atoms with van der Waals surface area (Å²) < 4.78 is 6.25. The average molecular weight is 467 g/mol. The number of rotatable bonds is 4. The third kappa shape index (κ3) is 5.06. The number of hydrogen-bond acceptors (Lipinski definition) is 4. The molecule has 0 aliphatic heterocycles. The molecule has 0 saturated heterocycles. The number of benzene rings is 1. The van der Waals surface area contributed by atoms with Crippen LogP contribution in [0.15, 0.2) is 18.3 Å². The van der Waals surface area contributed by atoms with Crippen LogP contribution in [0.4, 0.5) is 5.69 Å². The van der Waals surface area contributed by atoms with E-state index in [1.165, 1.54) is 6.20 Å². The standard InChI is InChI=1S/C17H19Cl4N3O2Si/c1-17(2,3)27(4,5)26-11-7-6-10(18)13(12(11)19)23-15(25)9-8-22-16(21)24-14(9)20/h6-8H,1-5H3,(H,23,25). The Bertz CT molecular complexity index is 885. The summed E-state index contributed by atoms with van der Waals surface area (Å²) in [4.78, 5) is 20.1. The van der Waals surface area contributed by atoms with Crippen molar-refractivity contribution < 1.29 is 9.22 Å². The molecule has 2 aromatic rings. The van der Waals surface area contributed by atoms with Crippen molar-refractivity contribution in [2.45, 2.75) is 38.9 Å². The second-order valence-electron chi connectivity index (χ2n) is 7.39. The second kappa shape index (κ2) is 8.13. The summed E-state index contributed by atoms with van der Waals surface area (Å²) in [7, 11) is -2.13. The van der Waals surface area contributed by atoms with Crippen LogP contribution in [-0.4, -0.2) is 24.2 Å². The number of halogens is 4. The molecule has 146 valence electrons. The normalized spacial score (nSPS) is 12.0. The lowest BCUT2D eigenvalue weighted by Crippen LogP contribution is -2.43. The van der Waals surface area contributed by atoms with E-state index in [-0.39, 0.29) is 36.8 Å². The number of nitrogens with zero attached hydrogens (tertiary/aromatic N) is 2. The maximum Gasteiger partial charge on any atom is 0.260 e. The molecule has 1 aromatic carbocycles. The Morgan fingerprint density at radius 2 is 1.78 bits per heavy atom. The highest BCUT2D eigenvalue weighted by Crippen LogP contribution is 2.43. The summed E-state index contributed by atoms with van der Waals surface area (Å²) in [6.45, 7) is 10.6. The zero-order valence-electron chi connectivity index (χ0n) is 15.5. The predicted molar refractivity (Wildman–Crippen MR) is 114 cm³/mol. The molecule has 0 aliphatic carbocycles. The minimum absolute atomic E-state index is 0.0203. The van der Waals surface area contributed by atoms with Crippen LogP contribution in [0, 0.1) is 0 Å². The Hall–Kier alpha value is -1.05. The molecular formula is C17H19Cl4N3O2Si. The maximum atomic E-state index is 12.5. The molecule has 0 radical (unpaired) electrons. The summed E-state index contributed by atoms with van der Waals surface area (Å²) in [5.74, 6) is -0.105. The van der Waals surface area contributed by atoms with Crippen LogP contribution in [-0.2, 0) is 0 Å². The fourth-order valence-corrected chi connectivity index (χ4v) is 3.81. The van der Waals surface area contributed by atoms with E-state index in [2.05, 4.69) is 49.1 Å². The lowest BCUT2D eigenvalue weighted by molar-refractivity contribution is 0.102. The fraction of sp³-hybridized carbons (Fsp3) is 0.353. The van der Waals surface area contributed by atoms with Gasteiger partial charge in [0.15, 0.2) is 0 Å². The van der Waals surface area contributed by atoms with Crippen LogP contribution in [0.1, 0.15) is 31.1 Å². The molecule has 1 N–H and O–H groups in total. The van der Waals surface area contributed by atoms with E-state index in [4.69, 9.17) is 50.8 Å². The van der Waals surface area contributed by atoms with Crippen LogP contribution in [0.2, 0.25) is 38.6 Å². The van der Waals surface area contributed by atoms with Crippen molar-refractivity contribution in [3.05, 3.63) is 44.4 Å². The van der Waals surface area contributed by atoms with Gasteiger partial charge in [0.1, 0.15) is 15.9 Å². The molecule has 0 spiro atoms. The quantitative estimate of drug-likeness (QED) is 0.308. The lowest BCUT2D eigenvalue weighted by atomic mass is 10.2. The van der Waals surface area contributed by atoms with Crippen LogP contribution < -0.4 is 9.74 Å². The second-order valence-corrected chi connectivity index (χ2v) is 13.6. The zero-order valence-corrected chi connectivity index (χ0v) is 19.5. The van der Waals surface area contributed by atoms with Crippen molar-refractivity contribution in [1.29, 1.82) is 0 Å². The van der Waals surface area contributed by atoms with Gasteiger partial charge in [0.05, 0.1) is 16.3 Å². The molecule has 0 atom stereocenters. The summed E-state index contributed by atoms with van der Waals surface area (Å²) in [6.07, 6.45) is 1.23. The van der Waals surface area contributed by atoms with Gasteiger partial charge < -0.3 is 9.74 Å². The van der Waals surface area contributed by atoms with Crippen LogP contribution in [0.25, 0.3) is 0 Å². The Balaban J connectivity index is 2.36. The largest absolute Gasteiger partial charge is 0.542 e. The minimum Gasteiger partial charge on any atom is -0.542 e. The number of anilines is 1. The highest BCUT2D eigenvalue weighted by Gasteiger charge is 2.39. The molecule has 27 heavy (non-hydrogen) atoms. The van der Waals surface area contributed by atoms with Gasteiger partial charge in [-0.3, -0.25) is 4.79 Å². The van der Waals surface area contributed by atoms with Crippen molar-refractivity contribution in [3.8, 4) is 5.75 Å². The van der Waals surface area contributed by atoms with Crippen molar-refractivity contribution in [2.24, 2.45) is 0 Å². The monoisotopic (exact) mass is 465 g/mol. The first-order valence-corrected chi connectivity index (χ1v) is 12.4. The Labute approximate surface area is 179 Å². The van der Waals surface area contributed by atoms with Crippen molar-refractivity contribution >= 4 is 66.3 Å². The summed E-state index contributed by atoms with van der Waals surface area (Å²) in [6, 6.07) is 3.31. The minimum atomic E-state index is -2.13. The SMILES string of the molecule is CC(C)(C)[Si](C)(C)Oc1ccc(Cl)c(NC(=O)c2cnc(Cl)nc2Cl)c1Cl. The van der Waals surface area contributed by atoms with Crippen molar-refractivity contribution in [2.75, 3.05) is 5.32 Å². The Morgan fingerprint density at radius 1 is 1.15 bits per heavy atom. The molecule has 1 aromatic heterocycles. The first-order valence-electron chi connectivity index (χ1n) is 8.00. The van der Waals surface area contributed by atoms with Crippen LogP contribution in [0.5, 0.6) is 5.75 Å². The molecule has 0 unspecified atom stereocenters. The molecule has 0 aliphatic rings. The Morgan fingerprint density at radius 3 is 2.33 bits per heavy atom. The lowest BCUT2D eigenvalue weighted by Gasteiger charge is -2.36. The number of hydrogen-bond donors (Lipinski definition) is 1. The van der Waals surface area contributed by atoms with Crippen molar-refractivity contribution in [1.82, 2.24) is 9.97 Å². The smallest absolute Gasteiger partial charge is 0.260 e. The van der Waals surface area contributed by atoms with Gasteiger partial charge in [0.2, 0.25) is 5.28 Å². The highest BCUT2D eigenvalue weighted by molar-refractivity contribution is 6.74. The van der Waals surface area contributed by atoms with Gasteiger partial charge in [0.25, 0.3) is 14.2 Å². The molecule has 1 amide bonds. The molecule has 0 bridgehead atoms. The highest BCUT2D eigenvalue weighted by atomic mass is 35.5. The van der Waals surface area contributed by atoms with Gasteiger partial charge >= 0.3 is 0 Å². The van der Waals surface area contributed by atoms with Gasteiger partial charge in [-0.05, 0) is 41.9 Å². The zero-order chi connectivity index (χ0) is 20.6. The van der Waals surface area contributed by atoms with E-state index in [0.29, 0.717) is 5.75 Å². The number of nitrogens with one attached hydrogen (secondary N) is 1. The molecule has 2 rings (SSSR count). The number of carbonyl (C=O) groups excluding carboxylic acids is 1. The summed E-state index contributed by atoms with van der Waals surface area (Å²) in [5.41, 5.74) is 0.273. The third-order valence-electron chi connectivity index (χ3n) is 4.42. The van der Waals surface area contributed by atoms with Gasteiger partial charge in [-0.25, -0.2) is 9.97 Å². The van der Waals surface area contributed by atoms with Gasteiger partial charge in [-0.1, -0.05) is 55.6 Å². The molecule has 1 heterocycles. The van der Waals surface area contributed by atoms with E-state index < -0.39 is 14.2 Å². The molecule has 0 saturated carbocycles. The third-order valence-corrected chi connectivity index (χ3v) is 9.93. The molecular weight excluding hydrogens is 448 g/mol. The molecule has 5 nitrogen and oxygen atoms in total. The number of carbonyl (C=O) groups is 1. The van der Waals surface area contributed by atoms with Gasteiger partial charge in [0, 0.05) is 6.20 Å². The maximum absolute atomic E-state index is 12.5. The summed E-state index contributed by atoms with van der Waals surface area (Å²) >= 11 is 24.3. The van der Waals surface area contributed by atoms with E-state index in [9.17, 15) is 4.79 Å². The predicted octanol–water partition coefficient (Wildman–Crippen LogP) is 6.73. The first-order chi connectivity index (χ1) is 12.3. The van der Waals surface area contributed by atoms with E-state index >= 15 is 0 Å². The molecule has 10 heteroatoms.